The standard InChI is InChI=1S/C15H20N8O/c1-21-9-12(16-20-21)10-22-7-5-11(6-8-22)15-18-17-13-3-4-14(24-2)19-23(13)15/h3-4,9,11H,5-8,10H2,1-2H3. The van der Waals surface area contributed by atoms with Crippen LogP contribution in [0.4, 0.5) is 0 Å². The van der Waals surface area contributed by atoms with Crippen molar-refractivity contribution in [2.45, 2.75) is 25.3 Å². The van der Waals surface area contributed by atoms with Gasteiger partial charge in [-0.05, 0) is 32.0 Å². The fourth-order valence-corrected chi connectivity index (χ4v) is 3.20. The Morgan fingerprint density at radius 1 is 1.17 bits per heavy atom. The molecule has 0 N–H and O–H groups in total. The van der Waals surface area contributed by atoms with Gasteiger partial charge in [0.2, 0.25) is 5.88 Å². The Kier molecular flexibility index (Phi) is 3.85. The fourth-order valence-electron chi connectivity index (χ4n) is 3.20. The molecule has 0 bridgehead atoms. The van der Waals surface area contributed by atoms with Crippen molar-refractivity contribution >= 4 is 5.65 Å². The minimum atomic E-state index is 0.359. The van der Waals surface area contributed by atoms with E-state index in [1.54, 1.807) is 17.9 Å². The second-order valence-corrected chi connectivity index (χ2v) is 6.14. The van der Waals surface area contributed by atoms with Crippen molar-refractivity contribution in [2.75, 3.05) is 20.2 Å². The van der Waals surface area contributed by atoms with Crippen LogP contribution in [0.2, 0.25) is 0 Å². The molecular formula is C15H20N8O. The zero-order valence-corrected chi connectivity index (χ0v) is 13.8. The molecule has 0 atom stereocenters. The first-order valence-corrected chi connectivity index (χ1v) is 8.07. The molecule has 1 aliphatic heterocycles. The predicted octanol–water partition coefficient (Wildman–Crippen LogP) is 0.641. The van der Waals surface area contributed by atoms with E-state index >= 15 is 0 Å². The van der Waals surface area contributed by atoms with Crippen molar-refractivity contribution in [1.29, 1.82) is 0 Å². The number of aryl methyl sites for hydroxylation is 1. The zero-order valence-electron chi connectivity index (χ0n) is 13.8. The van der Waals surface area contributed by atoms with Crippen molar-refractivity contribution in [3.63, 3.8) is 0 Å². The second kappa shape index (κ2) is 6.16. The summed E-state index contributed by atoms with van der Waals surface area (Å²) in [5.74, 6) is 1.85. The average molecular weight is 328 g/mol. The molecule has 4 rings (SSSR count). The number of fused-ring (bicyclic) bond motifs is 1. The Labute approximate surface area is 139 Å². The molecule has 4 heterocycles. The molecule has 0 aromatic carbocycles. The highest BCUT2D eigenvalue weighted by Crippen LogP contribution is 2.27. The van der Waals surface area contributed by atoms with Crippen molar-refractivity contribution in [1.82, 2.24) is 39.7 Å². The number of aromatic nitrogens is 7. The molecule has 24 heavy (non-hydrogen) atoms. The monoisotopic (exact) mass is 328 g/mol. The smallest absolute Gasteiger partial charge is 0.231 e. The van der Waals surface area contributed by atoms with Crippen LogP contribution in [0.25, 0.3) is 5.65 Å². The third-order valence-electron chi connectivity index (χ3n) is 4.46. The second-order valence-electron chi connectivity index (χ2n) is 6.14. The van der Waals surface area contributed by atoms with Crippen LogP contribution < -0.4 is 4.74 Å². The van der Waals surface area contributed by atoms with Crippen LogP contribution in [-0.2, 0) is 13.6 Å². The Balaban J connectivity index is 1.45. The van der Waals surface area contributed by atoms with E-state index in [9.17, 15) is 0 Å². The molecule has 1 saturated heterocycles. The first-order valence-electron chi connectivity index (χ1n) is 8.07. The van der Waals surface area contributed by atoms with E-state index < -0.39 is 0 Å². The molecular weight excluding hydrogens is 308 g/mol. The van der Waals surface area contributed by atoms with Gasteiger partial charge in [0.15, 0.2) is 11.5 Å². The first kappa shape index (κ1) is 15.0. The van der Waals surface area contributed by atoms with Gasteiger partial charge >= 0.3 is 0 Å². The summed E-state index contributed by atoms with van der Waals surface area (Å²) in [4.78, 5) is 2.40. The van der Waals surface area contributed by atoms with Crippen LogP contribution in [0.5, 0.6) is 5.88 Å². The van der Waals surface area contributed by atoms with Crippen LogP contribution in [0.15, 0.2) is 18.3 Å². The van der Waals surface area contributed by atoms with Crippen LogP contribution in [0, 0.1) is 0 Å². The van der Waals surface area contributed by atoms with Crippen molar-refractivity contribution in [3.8, 4) is 5.88 Å². The highest BCUT2D eigenvalue weighted by molar-refractivity contribution is 5.38. The lowest BCUT2D eigenvalue weighted by Crippen LogP contribution is -2.33. The van der Waals surface area contributed by atoms with E-state index in [2.05, 4.69) is 30.5 Å². The zero-order chi connectivity index (χ0) is 16.5. The number of hydrogen-bond acceptors (Lipinski definition) is 7. The van der Waals surface area contributed by atoms with Gasteiger partial charge in [-0.3, -0.25) is 9.58 Å². The normalized spacial score (nSPS) is 16.8. The highest BCUT2D eigenvalue weighted by Gasteiger charge is 2.25. The Morgan fingerprint density at radius 3 is 2.71 bits per heavy atom. The number of methoxy groups -OCH3 is 1. The van der Waals surface area contributed by atoms with Gasteiger partial charge in [0.1, 0.15) is 0 Å². The summed E-state index contributed by atoms with van der Waals surface area (Å²) in [5, 5.41) is 21.2. The summed E-state index contributed by atoms with van der Waals surface area (Å²) in [7, 11) is 3.50. The van der Waals surface area contributed by atoms with E-state index in [0.717, 1.165) is 49.6 Å². The number of rotatable bonds is 4. The van der Waals surface area contributed by atoms with Crippen molar-refractivity contribution < 1.29 is 4.74 Å². The number of likely N-dealkylation sites (tertiary alicyclic amines) is 1. The summed E-state index contributed by atoms with van der Waals surface area (Å²) in [5.41, 5.74) is 1.77. The first-order chi connectivity index (χ1) is 11.7. The largest absolute Gasteiger partial charge is 0.480 e. The molecule has 9 nitrogen and oxygen atoms in total. The van der Waals surface area contributed by atoms with Gasteiger partial charge < -0.3 is 4.74 Å². The molecule has 9 heteroatoms. The van der Waals surface area contributed by atoms with E-state index in [4.69, 9.17) is 4.74 Å². The minimum absolute atomic E-state index is 0.359. The Hall–Kier alpha value is -2.55. The summed E-state index contributed by atoms with van der Waals surface area (Å²) < 4.78 is 8.76. The molecule has 0 spiro atoms. The molecule has 1 fully saturated rings. The molecule has 3 aromatic rings. The lowest BCUT2D eigenvalue weighted by Gasteiger charge is -2.30. The van der Waals surface area contributed by atoms with Gasteiger partial charge in [-0.2, -0.15) is 4.52 Å². The molecule has 0 saturated carbocycles. The number of nitrogens with zero attached hydrogens (tertiary/aromatic N) is 8. The van der Waals surface area contributed by atoms with Crippen LogP contribution in [0.1, 0.15) is 30.3 Å². The SMILES string of the molecule is COc1ccc2nnc(C3CCN(Cc4cn(C)nn4)CC3)n2n1. The molecule has 0 aliphatic carbocycles. The third-order valence-corrected chi connectivity index (χ3v) is 4.46. The van der Waals surface area contributed by atoms with Crippen LogP contribution in [0.3, 0.4) is 0 Å². The van der Waals surface area contributed by atoms with E-state index in [-0.39, 0.29) is 0 Å². The van der Waals surface area contributed by atoms with Gasteiger partial charge in [-0.1, -0.05) is 5.21 Å². The summed E-state index contributed by atoms with van der Waals surface area (Å²) in [6.45, 7) is 2.84. The lowest BCUT2D eigenvalue weighted by molar-refractivity contribution is 0.198. The average Bonchev–Trinajstić information content (AvgIpc) is 3.21. The highest BCUT2D eigenvalue weighted by atomic mass is 16.5. The predicted molar refractivity (Wildman–Crippen MR) is 85.6 cm³/mol. The molecule has 0 unspecified atom stereocenters. The molecule has 0 amide bonds. The molecule has 3 aromatic heterocycles. The molecule has 0 radical (unpaired) electrons. The van der Waals surface area contributed by atoms with Crippen LogP contribution >= 0.6 is 0 Å². The third kappa shape index (κ3) is 2.82. The van der Waals surface area contributed by atoms with Crippen molar-refractivity contribution in [2.24, 2.45) is 7.05 Å². The maximum absolute atomic E-state index is 5.21. The topological polar surface area (TPSA) is 86.3 Å². The van der Waals surface area contributed by atoms with Gasteiger partial charge in [-0.15, -0.1) is 20.4 Å². The van der Waals surface area contributed by atoms with E-state index in [0.29, 0.717) is 11.8 Å². The van der Waals surface area contributed by atoms with Crippen molar-refractivity contribution in [3.05, 3.63) is 29.8 Å². The minimum Gasteiger partial charge on any atom is -0.480 e. The molecule has 126 valence electrons. The maximum atomic E-state index is 5.21. The van der Waals surface area contributed by atoms with E-state index in [1.165, 1.54) is 0 Å². The Bertz CT molecular complexity index is 833. The summed E-state index contributed by atoms with van der Waals surface area (Å²) >= 11 is 0. The number of piperidine rings is 1. The van der Waals surface area contributed by atoms with Gasteiger partial charge in [0.05, 0.1) is 12.8 Å². The van der Waals surface area contributed by atoms with Gasteiger partial charge in [0, 0.05) is 31.8 Å². The number of ether oxygens (including phenoxy) is 1. The van der Waals surface area contributed by atoms with E-state index in [1.807, 2.05) is 23.8 Å². The molecule has 1 aliphatic rings. The lowest BCUT2D eigenvalue weighted by atomic mass is 9.96. The van der Waals surface area contributed by atoms with Gasteiger partial charge in [0.25, 0.3) is 0 Å². The Morgan fingerprint density at radius 2 is 2.00 bits per heavy atom. The fraction of sp³-hybridized carbons (Fsp3) is 0.533. The summed E-state index contributed by atoms with van der Waals surface area (Å²) in [6, 6.07) is 3.68. The quantitative estimate of drug-likeness (QED) is 0.694. The number of hydrogen-bond donors (Lipinski definition) is 0. The summed E-state index contributed by atoms with van der Waals surface area (Å²) in [6.07, 6.45) is 4.02. The van der Waals surface area contributed by atoms with Gasteiger partial charge in [-0.25, -0.2) is 0 Å². The van der Waals surface area contributed by atoms with Crippen LogP contribution in [-0.4, -0.2) is 59.9 Å². The maximum Gasteiger partial charge on any atom is 0.231 e.